The molecular weight excluding hydrogens is 168 g/mol. The minimum Gasteiger partial charge on any atom is -0.456 e. The molecule has 72 valence electrons. The first kappa shape index (κ1) is 7.80. The fourth-order valence-corrected chi connectivity index (χ4v) is 3.09. The average Bonchev–Trinajstić information content (AvgIpc) is 2.57. The number of hydrogen-bond acceptors (Lipinski definition) is 3. The number of carbonyl (C=O) groups is 1. The lowest BCUT2D eigenvalue weighted by molar-refractivity contribution is -0.159. The van der Waals surface area contributed by atoms with Crippen molar-refractivity contribution in [2.45, 2.75) is 43.8 Å². The molecule has 3 fully saturated rings. The zero-order chi connectivity index (χ0) is 8.89. The van der Waals surface area contributed by atoms with Crippen LogP contribution in [0.1, 0.15) is 32.1 Å². The average molecular weight is 182 g/mol. The molecule has 3 rings (SSSR count). The summed E-state index contributed by atoms with van der Waals surface area (Å²) in [6, 6.07) is 0. The maximum absolute atomic E-state index is 11.2. The van der Waals surface area contributed by atoms with Crippen molar-refractivity contribution in [3.63, 3.8) is 0 Å². The Hall–Kier alpha value is -0.570. The SMILES string of the molecule is O=C1C[C@@H]2CO[C@H]3CCCC[C@@]23O1. The molecule has 1 spiro atoms. The van der Waals surface area contributed by atoms with E-state index in [1.54, 1.807) is 0 Å². The Labute approximate surface area is 77.4 Å². The van der Waals surface area contributed by atoms with E-state index < -0.39 is 0 Å². The van der Waals surface area contributed by atoms with Crippen LogP contribution in [0.4, 0.5) is 0 Å². The van der Waals surface area contributed by atoms with E-state index in [2.05, 4.69) is 0 Å². The standard InChI is InChI=1S/C10H14O3/c11-9-5-7-6-12-8-3-1-2-4-10(7,8)13-9/h7-8H,1-6H2/t7-,8+,10-/m1/s1. The van der Waals surface area contributed by atoms with Crippen molar-refractivity contribution in [3.05, 3.63) is 0 Å². The van der Waals surface area contributed by atoms with Crippen molar-refractivity contribution in [3.8, 4) is 0 Å². The van der Waals surface area contributed by atoms with Gasteiger partial charge in [-0.2, -0.15) is 0 Å². The predicted molar refractivity (Wildman–Crippen MR) is 45.1 cm³/mol. The van der Waals surface area contributed by atoms with Crippen LogP contribution in [0.5, 0.6) is 0 Å². The predicted octanol–water partition coefficient (Wildman–Crippen LogP) is 1.26. The third-order valence-electron chi connectivity index (χ3n) is 3.74. The second kappa shape index (κ2) is 2.47. The van der Waals surface area contributed by atoms with Crippen LogP contribution in [0.15, 0.2) is 0 Å². The summed E-state index contributed by atoms with van der Waals surface area (Å²) in [6.07, 6.45) is 5.28. The van der Waals surface area contributed by atoms with Gasteiger partial charge in [0.25, 0.3) is 0 Å². The highest BCUT2D eigenvalue weighted by Gasteiger charge is 2.59. The van der Waals surface area contributed by atoms with E-state index >= 15 is 0 Å². The van der Waals surface area contributed by atoms with Crippen LogP contribution in [-0.2, 0) is 14.3 Å². The Morgan fingerprint density at radius 2 is 2.31 bits per heavy atom. The Balaban J connectivity index is 1.94. The Morgan fingerprint density at radius 1 is 1.38 bits per heavy atom. The lowest BCUT2D eigenvalue weighted by atomic mass is 9.76. The van der Waals surface area contributed by atoms with Crippen LogP contribution in [0.25, 0.3) is 0 Å². The molecule has 2 saturated heterocycles. The summed E-state index contributed by atoms with van der Waals surface area (Å²) in [4.78, 5) is 11.2. The Bertz CT molecular complexity index is 249. The first-order chi connectivity index (χ1) is 6.31. The van der Waals surface area contributed by atoms with Gasteiger partial charge in [0.15, 0.2) is 0 Å². The van der Waals surface area contributed by atoms with Gasteiger partial charge in [0.2, 0.25) is 0 Å². The van der Waals surface area contributed by atoms with Crippen LogP contribution in [0.2, 0.25) is 0 Å². The minimum atomic E-state index is -0.199. The van der Waals surface area contributed by atoms with Gasteiger partial charge < -0.3 is 9.47 Å². The molecule has 2 heterocycles. The van der Waals surface area contributed by atoms with Gasteiger partial charge in [-0.25, -0.2) is 0 Å². The first-order valence-electron chi connectivity index (χ1n) is 5.15. The van der Waals surface area contributed by atoms with Crippen molar-refractivity contribution in [2.75, 3.05) is 6.61 Å². The van der Waals surface area contributed by atoms with Crippen LogP contribution < -0.4 is 0 Å². The molecule has 0 radical (unpaired) electrons. The van der Waals surface area contributed by atoms with E-state index in [1.165, 1.54) is 12.8 Å². The van der Waals surface area contributed by atoms with Crippen molar-refractivity contribution < 1.29 is 14.3 Å². The Kier molecular flexibility index (Phi) is 1.48. The van der Waals surface area contributed by atoms with Gasteiger partial charge in [-0.05, 0) is 19.3 Å². The second-order valence-electron chi connectivity index (χ2n) is 4.40. The summed E-state index contributed by atoms with van der Waals surface area (Å²) in [5.74, 6) is 0.338. The number of hydrogen-bond donors (Lipinski definition) is 0. The van der Waals surface area contributed by atoms with E-state index in [0.29, 0.717) is 12.3 Å². The molecule has 3 nitrogen and oxygen atoms in total. The topological polar surface area (TPSA) is 35.5 Å². The fraction of sp³-hybridized carbons (Fsp3) is 0.900. The summed E-state index contributed by atoms with van der Waals surface area (Å²) in [5.41, 5.74) is -0.199. The quantitative estimate of drug-likeness (QED) is 0.529. The number of ether oxygens (including phenoxy) is 2. The van der Waals surface area contributed by atoms with Crippen LogP contribution in [0.3, 0.4) is 0 Å². The van der Waals surface area contributed by atoms with Gasteiger partial charge in [0.1, 0.15) is 5.60 Å². The summed E-state index contributed by atoms with van der Waals surface area (Å²) in [5, 5.41) is 0. The monoisotopic (exact) mass is 182 g/mol. The van der Waals surface area contributed by atoms with Crippen molar-refractivity contribution >= 4 is 5.97 Å². The highest BCUT2D eigenvalue weighted by molar-refractivity contribution is 5.73. The minimum absolute atomic E-state index is 0.0137. The third kappa shape index (κ3) is 0.909. The molecule has 0 bridgehead atoms. The van der Waals surface area contributed by atoms with Crippen molar-refractivity contribution in [1.29, 1.82) is 0 Å². The smallest absolute Gasteiger partial charge is 0.306 e. The summed E-state index contributed by atoms with van der Waals surface area (Å²) in [6.45, 7) is 0.733. The molecule has 0 aromatic rings. The zero-order valence-electron chi connectivity index (χ0n) is 7.62. The molecule has 13 heavy (non-hydrogen) atoms. The molecule has 1 saturated carbocycles. The summed E-state index contributed by atoms with van der Waals surface area (Å²) < 4.78 is 11.2. The number of esters is 1. The van der Waals surface area contributed by atoms with Crippen molar-refractivity contribution in [2.24, 2.45) is 5.92 Å². The molecule has 3 atom stereocenters. The normalized spacial score (nSPS) is 48.5. The summed E-state index contributed by atoms with van der Waals surface area (Å²) >= 11 is 0. The molecule has 0 aromatic carbocycles. The van der Waals surface area contributed by atoms with Crippen LogP contribution >= 0.6 is 0 Å². The summed E-state index contributed by atoms with van der Waals surface area (Å²) in [7, 11) is 0. The molecule has 1 aliphatic carbocycles. The van der Waals surface area contributed by atoms with Gasteiger partial charge >= 0.3 is 5.97 Å². The lowest BCUT2D eigenvalue weighted by Gasteiger charge is -2.35. The van der Waals surface area contributed by atoms with Crippen LogP contribution in [-0.4, -0.2) is 24.3 Å². The van der Waals surface area contributed by atoms with Gasteiger partial charge in [-0.1, -0.05) is 6.42 Å². The fourth-order valence-electron chi connectivity index (χ4n) is 3.09. The van der Waals surface area contributed by atoms with Gasteiger partial charge in [-0.3, -0.25) is 4.79 Å². The van der Waals surface area contributed by atoms with Gasteiger partial charge in [-0.15, -0.1) is 0 Å². The first-order valence-corrected chi connectivity index (χ1v) is 5.15. The zero-order valence-corrected chi connectivity index (χ0v) is 7.62. The van der Waals surface area contributed by atoms with E-state index in [1.807, 2.05) is 0 Å². The van der Waals surface area contributed by atoms with E-state index in [0.717, 1.165) is 19.4 Å². The highest BCUT2D eigenvalue weighted by atomic mass is 16.6. The van der Waals surface area contributed by atoms with Gasteiger partial charge in [0, 0.05) is 5.92 Å². The molecule has 0 N–H and O–H groups in total. The van der Waals surface area contributed by atoms with E-state index in [9.17, 15) is 4.79 Å². The molecule has 0 unspecified atom stereocenters. The number of carbonyl (C=O) groups excluding carboxylic acids is 1. The largest absolute Gasteiger partial charge is 0.456 e. The molecule has 3 heteroatoms. The molecule has 0 aromatic heterocycles. The highest BCUT2D eigenvalue weighted by Crippen LogP contribution is 2.49. The molecular formula is C10H14O3. The lowest BCUT2D eigenvalue weighted by Crippen LogP contribution is -2.44. The molecule has 2 aliphatic heterocycles. The molecule has 0 amide bonds. The maximum Gasteiger partial charge on any atom is 0.306 e. The van der Waals surface area contributed by atoms with Gasteiger partial charge in [0.05, 0.1) is 19.1 Å². The van der Waals surface area contributed by atoms with E-state index in [4.69, 9.17) is 9.47 Å². The van der Waals surface area contributed by atoms with Crippen molar-refractivity contribution in [1.82, 2.24) is 0 Å². The van der Waals surface area contributed by atoms with Crippen LogP contribution in [0, 0.1) is 5.92 Å². The Morgan fingerprint density at radius 3 is 3.23 bits per heavy atom. The number of rotatable bonds is 0. The molecule has 3 aliphatic rings. The third-order valence-corrected chi connectivity index (χ3v) is 3.74. The van der Waals surface area contributed by atoms with E-state index in [-0.39, 0.29) is 17.7 Å². The maximum atomic E-state index is 11.2. The second-order valence-corrected chi connectivity index (χ2v) is 4.40.